The van der Waals surface area contributed by atoms with Crippen LogP contribution >= 0.6 is 11.6 Å². The highest BCUT2D eigenvalue weighted by Crippen LogP contribution is 2.51. The molecular weight excluding hydrogens is 412 g/mol. The first-order chi connectivity index (χ1) is 14.5. The Hall–Kier alpha value is -2.83. The van der Waals surface area contributed by atoms with Crippen molar-refractivity contribution in [3.63, 3.8) is 0 Å². The first-order valence-electron chi connectivity index (χ1n) is 9.45. The van der Waals surface area contributed by atoms with Gasteiger partial charge in [0.2, 0.25) is 11.7 Å². The van der Waals surface area contributed by atoms with Crippen molar-refractivity contribution in [1.29, 1.82) is 0 Å². The summed E-state index contributed by atoms with van der Waals surface area (Å²) in [5.41, 5.74) is 1.36. The van der Waals surface area contributed by atoms with Crippen LogP contribution in [0.3, 0.4) is 0 Å². The maximum Gasteiger partial charge on any atom is 0.375 e. The summed E-state index contributed by atoms with van der Waals surface area (Å²) in [6, 6.07) is 10.2. The van der Waals surface area contributed by atoms with Crippen molar-refractivity contribution in [3.05, 3.63) is 88.0 Å². The molecule has 2 bridgehead atoms. The average Bonchev–Trinajstić information content (AvgIpc) is 3.36. The molecular formula is C23H17ClF2NO3+. The number of ether oxygens (including phenoxy) is 2. The zero-order valence-electron chi connectivity index (χ0n) is 15.9. The molecule has 0 aliphatic carbocycles. The lowest BCUT2D eigenvalue weighted by Crippen LogP contribution is -2.43. The molecule has 0 fully saturated rings. The normalized spacial score (nSPS) is 26.5. The fraction of sp³-hybridized carbons (Fsp3) is 0.217. The second-order valence-electron chi connectivity index (χ2n) is 7.49. The second-order valence-corrected chi connectivity index (χ2v) is 7.93. The topological polar surface area (TPSA) is 38.5 Å². The van der Waals surface area contributed by atoms with Gasteiger partial charge in [-0.15, -0.1) is 0 Å². The Morgan fingerprint density at radius 3 is 2.53 bits per heavy atom. The molecule has 0 saturated heterocycles. The Kier molecular flexibility index (Phi) is 4.38. The van der Waals surface area contributed by atoms with E-state index in [2.05, 4.69) is 0 Å². The van der Waals surface area contributed by atoms with Gasteiger partial charge in [0.15, 0.2) is 5.60 Å². The molecule has 152 valence electrons. The highest BCUT2D eigenvalue weighted by Gasteiger charge is 2.67. The SMILES string of the molecule is COC1=[N+](c2cc(F)cc(F)c2)C(Cc2ccc(Cl)cc2)C23C=CC(O2)C(C=O)=C13. The van der Waals surface area contributed by atoms with E-state index in [9.17, 15) is 13.6 Å². The standard InChI is InChI=1S/C23H17ClF2NO3/c1-29-22-21-18(12-28)19-6-7-23(21,30-19)20(8-13-2-4-14(24)5-3-13)27(22)17-10-15(25)9-16(26)11-17/h2-7,9-12,19-20H,8H2,1H3/q+1. The first kappa shape index (κ1) is 19.2. The predicted octanol–water partition coefficient (Wildman–Crippen LogP) is 4.13. The minimum Gasteiger partial charge on any atom is -0.447 e. The molecule has 3 atom stereocenters. The van der Waals surface area contributed by atoms with Crippen LogP contribution in [0.15, 0.2) is 65.8 Å². The first-order valence-corrected chi connectivity index (χ1v) is 9.82. The number of benzene rings is 2. The quantitative estimate of drug-likeness (QED) is 0.417. The van der Waals surface area contributed by atoms with E-state index in [4.69, 9.17) is 21.1 Å². The number of nitrogens with zero attached hydrogens (tertiary/aromatic N) is 1. The highest BCUT2D eigenvalue weighted by molar-refractivity contribution is 6.30. The molecule has 3 aliphatic heterocycles. The molecule has 3 heterocycles. The lowest BCUT2D eigenvalue weighted by atomic mass is 9.82. The Bertz CT molecular complexity index is 1140. The third-order valence-electron chi connectivity index (χ3n) is 5.85. The molecule has 3 aliphatic rings. The predicted molar refractivity (Wildman–Crippen MR) is 107 cm³/mol. The molecule has 7 heteroatoms. The molecule has 0 amide bonds. The summed E-state index contributed by atoms with van der Waals surface area (Å²) in [7, 11) is 1.47. The number of halogens is 3. The summed E-state index contributed by atoms with van der Waals surface area (Å²) >= 11 is 6.02. The monoisotopic (exact) mass is 428 g/mol. The van der Waals surface area contributed by atoms with Crippen molar-refractivity contribution < 1.29 is 27.6 Å². The Balaban J connectivity index is 1.74. The van der Waals surface area contributed by atoms with E-state index in [0.717, 1.165) is 17.9 Å². The van der Waals surface area contributed by atoms with Crippen LogP contribution in [0.5, 0.6) is 0 Å². The zero-order valence-corrected chi connectivity index (χ0v) is 16.7. The molecule has 3 unspecified atom stereocenters. The lowest BCUT2D eigenvalue weighted by molar-refractivity contribution is -0.499. The molecule has 0 aromatic heterocycles. The largest absolute Gasteiger partial charge is 0.447 e. The second kappa shape index (κ2) is 6.86. The smallest absolute Gasteiger partial charge is 0.375 e. The van der Waals surface area contributed by atoms with Crippen molar-refractivity contribution in [2.24, 2.45) is 0 Å². The van der Waals surface area contributed by atoms with Gasteiger partial charge in [-0.3, -0.25) is 4.79 Å². The van der Waals surface area contributed by atoms with E-state index in [-0.39, 0.29) is 5.69 Å². The van der Waals surface area contributed by atoms with Crippen LogP contribution in [0, 0.1) is 11.6 Å². The van der Waals surface area contributed by atoms with Crippen LogP contribution in [0.1, 0.15) is 5.56 Å². The van der Waals surface area contributed by atoms with E-state index >= 15 is 0 Å². The fourth-order valence-corrected chi connectivity index (χ4v) is 4.81. The van der Waals surface area contributed by atoms with Gasteiger partial charge in [-0.05, 0) is 23.8 Å². The van der Waals surface area contributed by atoms with Crippen LogP contribution in [-0.4, -0.2) is 41.6 Å². The minimum atomic E-state index is -0.950. The number of carbonyl (C=O) groups is 1. The van der Waals surface area contributed by atoms with Crippen molar-refractivity contribution in [3.8, 4) is 0 Å². The molecule has 0 N–H and O–H groups in total. The molecule has 0 radical (unpaired) electrons. The van der Waals surface area contributed by atoms with Crippen molar-refractivity contribution in [2.45, 2.75) is 24.2 Å². The van der Waals surface area contributed by atoms with Crippen molar-refractivity contribution >= 4 is 29.5 Å². The summed E-state index contributed by atoms with van der Waals surface area (Å²) in [4.78, 5) is 11.9. The van der Waals surface area contributed by atoms with E-state index in [0.29, 0.717) is 28.5 Å². The van der Waals surface area contributed by atoms with Gasteiger partial charge in [0.1, 0.15) is 29.6 Å². The number of fused-ring (bicyclic) bond motifs is 1. The van der Waals surface area contributed by atoms with E-state index in [1.807, 2.05) is 24.3 Å². The summed E-state index contributed by atoms with van der Waals surface area (Å²) in [5, 5.41) is 0.610. The van der Waals surface area contributed by atoms with E-state index in [1.54, 1.807) is 16.7 Å². The summed E-state index contributed by atoms with van der Waals surface area (Å²) in [5.74, 6) is -1.05. The molecule has 2 aromatic rings. The summed E-state index contributed by atoms with van der Waals surface area (Å²) in [6.45, 7) is 0. The highest BCUT2D eigenvalue weighted by atomic mass is 35.5. The summed E-state index contributed by atoms with van der Waals surface area (Å²) in [6.07, 6.45) is 4.52. The molecule has 1 spiro atoms. The van der Waals surface area contributed by atoms with Gasteiger partial charge in [0.05, 0.1) is 7.11 Å². The molecule has 30 heavy (non-hydrogen) atoms. The van der Waals surface area contributed by atoms with Crippen molar-refractivity contribution in [2.75, 3.05) is 7.11 Å². The number of aldehydes is 1. The lowest BCUT2D eigenvalue weighted by Gasteiger charge is -2.24. The number of hydrogen-bond donors (Lipinski definition) is 0. The van der Waals surface area contributed by atoms with Gasteiger partial charge < -0.3 is 9.47 Å². The third-order valence-corrected chi connectivity index (χ3v) is 6.11. The van der Waals surface area contributed by atoms with E-state index in [1.165, 1.54) is 19.2 Å². The number of hydrogen-bond acceptors (Lipinski definition) is 3. The third kappa shape index (κ3) is 2.67. The van der Waals surface area contributed by atoms with Gasteiger partial charge in [-0.1, -0.05) is 29.8 Å². The zero-order chi connectivity index (χ0) is 21.0. The van der Waals surface area contributed by atoms with Gasteiger partial charge >= 0.3 is 5.90 Å². The molecule has 5 rings (SSSR count). The fourth-order valence-electron chi connectivity index (χ4n) is 4.69. The van der Waals surface area contributed by atoms with Crippen LogP contribution in [0.2, 0.25) is 5.02 Å². The van der Waals surface area contributed by atoms with Crippen LogP contribution < -0.4 is 0 Å². The molecule has 2 aromatic carbocycles. The van der Waals surface area contributed by atoms with Crippen molar-refractivity contribution in [1.82, 2.24) is 0 Å². The van der Waals surface area contributed by atoms with E-state index < -0.39 is 29.4 Å². The number of methoxy groups -OCH3 is 1. The van der Waals surface area contributed by atoms with Gasteiger partial charge in [0.25, 0.3) is 0 Å². The van der Waals surface area contributed by atoms with Gasteiger partial charge in [-0.25, -0.2) is 8.78 Å². The summed E-state index contributed by atoms with van der Waals surface area (Å²) < 4.78 is 41.8. The van der Waals surface area contributed by atoms with Crippen LogP contribution in [-0.2, 0) is 20.7 Å². The van der Waals surface area contributed by atoms with Crippen LogP contribution in [0.25, 0.3) is 0 Å². The Labute approximate surface area is 176 Å². The Morgan fingerprint density at radius 2 is 1.90 bits per heavy atom. The number of carbonyl (C=O) groups excluding carboxylic acids is 1. The minimum absolute atomic E-state index is 0.283. The van der Waals surface area contributed by atoms with Gasteiger partial charge in [-0.2, -0.15) is 4.58 Å². The van der Waals surface area contributed by atoms with Crippen LogP contribution in [0.4, 0.5) is 14.5 Å². The maximum atomic E-state index is 14.1. The molecule has 0 saturated carbocycles. The molecule has 4 nitrogen and oxygen atoms in total. The Morgan fingerprint density at radius 1 is 1.20 bits per heavy atom. The average molecular weight is 429 g/mol. The number of rotatable bonds is 4. The van der Waals surface area contributed by atoms with Gasteiger partial charge in [0, 0.05) is 35.2 Å². The maximum absolute atomic E-state index is 14.1.